The molecule has 1 aromatic rings. The lowest BCUT2D eigenvalue weighted by molar-refractivity contribution is -0.143. The summed E-state index contributed by atoms with van der Waals surface area (Å²) < 4.78 is 29.5. The van der Waals surface area contributed by atoms with Crippen molar-refractivity contribution in [2.75, 3.05) is 13.2 Å². The minimum absolute atomic E-state index is 0.0182. The first kappa shape index (κ1) is 17.4. The molecule has 1 amide bonds. The Kier molecular flexibility index (Phi) is 7.66. The highest BCUT2D eigenvalue weighted by atomic mass is 32.2. The molecule has 0 unspecified atom stereocenters. The molecule has 21 heavy (non-hydrogen) atoms. The molecule has 0 atom stereocenters. The maximum Gasteiger partial charge on any atom is 0.305 e. The minimum Gasteiger partial charge on any atom is -0.466 e. The lowest BCUT2D eigenvalue weighted by Crippen LogP contribution is -2.25. The lowest BCUT2D eigenvalue weighted by atomic mass is 10.2. The number of halogens is 2. The fourth-order valence-corrected chi connectivity index (χ4v) is 2.08. The predicted molar refractivity (Wildman–Crippen MR) is 74.3 cm³/mol. The summed E-state index contributed by atoms with van der Waals surface area (Å²) in [5, 5.41) is 2.55. The first-order chi connectivity index (χ1) is 10.0. The van der Waals surface area contributed by atoms with Gasteiger partial charge in [0.05, 0.1) is 12.2 Å². The highest BCUT2D eigenvalue weighted by molar-refractivity contribution is 7.99. The first-order valence-electron chi connectivity index (χ1n) is 6.38. The molecule has 1 N–H and O–H groups in total. The molecule has 0 aliphatic carbocycles. The number of esters is 1. The molecule has 0 aliphatic heterocycles. The molecule has 0 saturated carbocycles. The monoisotopic (exact) mass is 318 g/mol. The number of carbonyl (C=O) groups is 2. The molecule has 116 valence electrons. The van der Waals surface area contributed by atoms with Crippen LogP contribution in [0.3, 0.4) is 0 Å². The number of nitrogens with zero attached hydrogens (tertiary/aromatic N) is 1. The first-order valence-corrected chi connectivity index (χ1v) is 7.26. The molecule has 1 aromatic heterocycles. The molecular weight excluding hydrogens is 302 g/mol. The number of carbonyl (C=O) groups excluding carboxylic acids is 2. The smallest absolute Gasteiger partial charge is 0.305 e. The Balaban J connectivity index is 2.47. The SMILES string of the molecule is CCOC(=O)CCCNC(=O)c1cccnc1SC(F)F. The van der Waals surface area contributed by atoms with Crippen molar-refractivity contribution in [2.24, 2.45) is 0 Å². The standard InChI is InChI=1S/C13H16F2N2O3S/c1-2-20-10(18)6-4-7-16-11(19)9-5-3-8-17-12(9)21-13(14)15/h3,5,8,13H,2,4,6-7H2,1H3,(H,16,19). The van der Waals surface area contributed by atoms with Crippen molar-refractivity contribution in [2.45, 2.75) is 30.5 Å². The van der Waals surface area contributed by atoms with Crippen molar-refractivity contribution in [3.63, 3.8) is 0 Å². The second-order valence-corrected chi connectivity index (χ2v) is 4.88. The number of nitrogens with one attached hydrogen (secondary N) is 1. The van der Waals surface area contributed by atoms with E-state index in [4.69, 9.17) is 4.74 Å². The Morgan fingerprint density at radius 3 is 2.90 bits per heavy atom. The van der Waals surface area contributed by atoms with Gasteiger partial charge >= 0.3 is 5.97 Å². The molecule has 0 saturated heterocycles. The summed E-state index contributed by atoms with van der Waals surface area (Å²) in [4.78, 5) is 26.8. The van der Waals surface area contributed by atoms with Gasteiger partial charge in [0.15, 0.2) is 0 Å². The van der Waals surface area contributed by atoms with E-state index >= 15 is 0 Å². The summed E-state index contributed by atoms with van der Waals surface area (Å²) in [5.41, 5.74) is 0.0962. The summed E-state index contributed by atoms with van der Waals surface area (Å²) in [6.07, 6.45) is 1.96. The van der Waals surface area contributed by atoms with Crippen molar-refractivity contribution in [3.8, 4) is 0 Å². The van der Waals surface area contributed by atoms with E-state index < -0.39 is 11.7 Å². The van der Waals surface area contributed by atoms with E-state index in [1.54, 1.807) is 6.92 Å². The Hall–Kier alpha value is -1.70. The van der Waals surface area contributed by atoms with E-state index in [9.17, 15) is 18.4 Å². The number of pyridine rings is 1. The largest absolute Gasteiger partial charge is 0.466 e. The molecule has 1 rings (SSSR count). The van der Waals surface area contributed by atoms with Crippen molar-refractivity contribution < 1.29 is 23.1 Å². The number of hydrogen-bond donors (Lipinski definition) is 1. The minimum atomic E-state index is -2.64. The third-order valence-electron chi connectivity index (χ3n) is 2.37. The Bertz CT molecular complexity index is 486. The van der Waals surface area contributed by atoms with E-state index in [2.05, 4.69) is 10.3 Å². The van der Waals surface area contributed by atoms with Gasteiger partial charge in [0.25, 0.3) is 11.7 Å². The summed E-state index contributed by atoms with van der Waals surface area (Å²) >= 11 is 0.225. The topological polar surface area (TPSA) is 68.3 Å². The molecule has 0 fully saturated rings. The van der Waals surface area contributed by atoms with Crippen LogP contribution in [-0.2, 0) is 9.53 Å². The summed E-state index contributed by atoms with van der Waals surface area (Å²) in [6, 6.07) is 2.93. The Morgan fingerprint density at radius 2 is 2.24 bits per heavy atom. The maximum absolute atomic E-state index is 12.4. The zero-order valence-electron chi connectivity index (χ0n) is 11.5. The normalized spacial score (nSPS) is 10.5. The van der Waals surface area contributed by atoms with Crippen LogP contribution in [0.25, 0.3) is 0 Å². The van der Waals surface area contributed by atoms with Crippen LogP contribution in [0.1, 0.15) is 30.1 Å². The fraction of sp³-hybridized carbons (Fsp3) is 0.462. The van der Waals surface area contributed by atoms with Crippen molar-refractivity contribution >= 4 is 23.6 Å². The highest BCUT2D eigenvalue weighted by Crippen LogP contribution is 2.26. The van der Waals surface area contributed by atoms with Gasteiger partial charge in [0, 0.05) is 19.2 Å². The van der Waals surface area contributed by atoms with Crippen LogP contribution in [0.5, 0.6) is 0 Å². The molecule has 0 aliphatic rings. The summed E-state index contributed by atoms with van der Waals surface area (Å²) in [7, 11) is 0. The van der Waals surface area contributed by atoms with Gasteiger partial charge in [-0.2, -0.15) is 8.78 Å². The Labute approximate surface area is 125 Å². The fourth-order valence-electron chi connectivity index (χ4n) is 1.50. The number of hydrogen-bond acceptors (Lipinski definition) is 5. The van der Waals surface area contributed by atoms with Gasteiger partial charge in [-0.1, -0.05) is 0 Å². The second-order valence-electron chi connectivity index (χ2n) is 3.90. The number of aromatic nitrogens is 1. The van der Waals surface area contributed by atoms with Gasteiger partial charge in [-0.3, -0.25) is 9.59 Å². The van der Waals surface area contributed by atoms with E-state index in [1.807, 2.05) is 0 Å². The van der Waals surface area contributed by atoms with Crippen LogP contribution in [0.15, 0.2) is 23.4 Å². The average molecular weight is 318 g/mol. The molecule has 5 nitrogen and oxygen atoms in total. The van der Waals surface area contributed by atoms with Crippen LogP contribution < -0.4 is 5.32 Å². The summed E-state index contributed by atoms with van der Waals surface area (Å²) in [5.74, 6) is -3.47. The van der Waals surface area contributed by atoms with E-state index in [-0.39, 0.29) is 41.3 Å². The van der Waals surface area contributed by atoms with Gasteiger partial charge in [0.1, 0.15) is 5.03 Å². The van der Waals surface area contributed by atoms with E-state index in [1.165, 1.54) is 18.3 Å². The molecular formula is C13H16F2N2O3S. The number of alkyl halides is 2. The summed E-state index contributed by atoms with van der Waals surface area (Å²) in [6.45, 7) is 2.28. The molecule has 1 heterocycles. The number of amides is 1. The third-order valence-corrected chi connectivity index (χ3v) is 3.09. The zero-order valence-corrected chi connectivity index (χ0v) is 12.3. The van der Waals surface area contributed by atoms with Crippen molar-refractivity contribution in [1.82, 2.24) is 10.3 Å². The molecule has 0 bridgehead atoms. The molecule has 8 heteroatoms. The predicted octanol–water partition coefficient (Wildman–Crippen LogP) is 2.47. The average Bonchev–Trinajstić information content (AvgIpc) is 2.43. The molecule has 0 spiro atoms. The van der Waals surface area contributed by atoms with E-state index in [0.717, 1.165) is 0 Å². The van der Waals surface area contributed by atoms with Crippen LogP contribution in [0.2, 0.25) is 0 Å². The molecule has 0 radical (unpaired) electrons. The second kappa shape index (κ2) is 9.28. The number of ether oxygens (including phenoxy) is 1. The Morgan fingerprint density at radius 1 is 1.48 bits per heavy atom. The lowest BCUT2D eigenvalue weighted by Gasteiger charge is -2.08. The third kappa shape index (κ3) is 6.52. The van der Waals surface area contributed by atoms with Crippen molar-refractivity contribution in [1.29, 1.82) is 0 Å². The van der Waals surface area contributed by atoms with Crippen LogP contribution >= 0.6 is 11.8 Å². The number of thioether (sulfide) groups is 1. The maximum atomic E-state index is 12.4. The van der Waals surface area contributed by atoms with E-state index in [0.29, 0.717) is 13.0 Å². The van der Waals surface area contributed by atoms with Crippen LogP contribution in [-0.4, -0.2) is 35.8 Å². The zero-order chi connectivity index (χ0) is 15.7. The van der Waals surface area contributed by atoms with Gasteiger partial charge in [-0.05, 0) is 37.2 Å². The van der Waals surface area contributed by atoms with Gasteiger partial charge < -0.3 is 10.1 Å². The number of rotatable bonds is 8. The highest BCUT2D eigenvalue weighted by Gasteiger charge is 2.16. The van der Waals surface area contributed by atoms with Gasteiger partial charge in [-0.15, -0.1) is 0 Å². The molecule has 0 aromatic carbocycles. The quantitative estimate of drug-likeness (QED) is 0.453. The van der Waals surface area contributed by atoms with Gasteiger partial charge in [0.2, 0.25) is 0 Å². The van der Waals surface area contributed by atoms with Crippen molar-refractivity contribution in [3.05, 3.63) is 23.9 Å². The van der Waals surface area contributed by atoms with Gasteiger partial charge in [-0.25, -0.2) is 4.98 Å². The van der Waals surface area contributed by atoms with Crippen LogP contribution in [0.4, 0.5) is 8.78 Å². The van der Waals surface area contributed by atoms with Crippen LogP contribution in [0, 0.1) is 0 Å².